The molecule has 0 spiro atoms. The fourth-order valence-corrected chi connectivity index (χ4v) is 6.93. The van der Waals surface area contributed by atoms with Crippen molar-refractivity contribution in [3.05, 3.63) is 64.2 Å². The molecule has 1 saturated heterocycles. The van der Waals surface area contributed by atoms with E-state index in [1.54, 1.807) is 0 Å². The predicted octanol–water partition coefficient (Wildman–Crippen LogP) is 3.59. The third-order valence-electron chi connectivity index (χ3n) is 7.18. The number of aryl methyl sites for hydroxylation is 1. The van der Waals surface area contributed by atoms with Gasteiger partial charge >= 0.3 is 0 Å². The number of hydrogen-bond donors (Lipinski definition) is 3. The molecule has 10 heteroatoms. The van der Waals surface area contributed by atoms with E-state index in [1.165, 1.54) is 35.4 Å². The van der Waals surface area contributed by atoms with Gasteiger partial charge in [-0.3, -0.25) is 9.59 Å². The number of carbonyl (C=O) groups excluding carboxylic acids is 2. The first-order valence-electron chi connectivity index (χ1n) is 13.6. The van der Waals surface area contributed by atoms with Crippen molar-refractivity contribution < 1.29 is 18.0 Å². The van der Waals surface area contributed by atoms with Crippen molar-refractivity contribution >= 4 is 33.4 Å². The third kappa shape index (κ3) is 7.60. The molecule has 1 aliphatic heterocycles. The van der Waals surface area contributed by atoms with Crippen molar-refractivity contribution in [1.82, 2.24) is 20.3 Å². The highest BCUT2D eigenvalue weighted by Crippen LogP contribution is 2.31. The molecule has 1 unspecified atom stereocenters. The summed E-state index contributed by atoms with van der Waals surface area (Å²) < 4.78 is 27.8. The zero-order chi connectivity index (χ0) is 28.2. The lowest BCUT2D eigenvalue weighted by atomic mass is 9.86. The number of fused-ring (bicyclic) bond motifs is 1. The highest BCUT2D eigenvalue weighted by molar-refractivity contribution is 7.89. The minimum absolute atomic E-state index is 0.0395. The summed E-state index contributed by atoms with van der Waals surface area (Å²) in [5, 5.41) is 9.71. The van der Waals surface area contributed by atoms with Gasteiger partial charge < -0.3 is 16.0 Å². The molecule has 212 valence electrons. The van der Waals surface area contributed by atoms with Crippen LogP contribution in [0.25, 0.3) is 0 Å². The van der Waals surface area contributed by atoms with Gasteiger partial charge in [0.1, 0.15) is 6.04 Å². The maximum atomic E-state index is 13.3. The standard InChI is InChI=1S/C29H39ClN4O4S/c1-29(2,3)19-31-14-13-20-7-12-24-21(17-20)5-4-6-25(24)33-27(35)18-26-28(36)32-15-16-34(26)39(37,38)23-10-8-22(30)9-11-23/h7-12,17,25-26,31H,4-6,13-16,18-19H2,1-3H3,(H,32,36)(H,33,35)/t25-,26?/m1/s1. The van der Waals surface area contributed by atoms with Gasteiger partial charge in [-0.05, 0) is 78.6 Å². The van der Waals surface area contributed by atoms with Crippen LogP contribution in [-0.2, 0) is 32.5 Å². The summed E-state index contributed by atoms with van der Waals surface area (Å²) in [6, 6.07) is 11.0. The minimum atomic E-state index is -3.98. The number of piperazine rings is 1. The van der Waals surface area contributed by atoms with E-state index < -0.39 is 22.0 Å². The van der Waals surface area contributed by atoms with Crippen LogP contribution in [0.1, 0.15) is 62.8 Å². The highest BCUT2D eigenvalue weighted by atomic mass is 35.5. The summed E-state index contributed by atoms with van der Waals surface area (Å²) in [5.74, 6) is -0.815. The van der Waals surface area contributed by atoms with Gasteiger partial charge in [0.2, 0.25) is 21.8 Å². The number of nitrogens with zero attached hydrogens (tertiary/aromatic N) is 1. The first kappa shape index (κ1) is 29.5. The van der Waals surface area contributed by atoms with Crippen molar-refractivity contribution in [2.24, 2.45) is 5.41 Å². The lowest BCUT2D eigenvalue weighted by molar-refractivity contribution is -0.132. The fourth-order valence-electron chi connectivity index (χ4n) is 5.22. The smallest absolute Gasteiger partial charge is 0.243 e. The summed E-state index contributed by atoms with van der Waals surface area (Å²) in [6.07, 6.45) is 3.40. The number of hydrogen-bond acceptors (Lipinski definition) is 5. The van der Waals surface area contributed by atoms with Gasteiger partial charge in [-0.25, -0.2) is 8.42 Å². The van der Waals surface area contributed by atoms with E-state index in [2.05, 4.69) is 54.9 Å². The number of rotatable bonds is 9. The van der Waals surface area contributed by atoms with Crippen LogP contribution < -0.4 is 16.0 Å². The van der Waals surface area contributed by atoms with Crippen LogP contribution in [0, 0.1) is 5.41 Å². The third-order valence-corrected chi connectivity index (χ3v) is 9.36. The topological polar surface area (TPSA) is 108 Å². The van der Waals surface area contributed by atoms with Crippen molar-refractivity contribution in [2.45, 2.75) is 69.9 Å². The predicted molar refractivity (Wildman–Crippen MR) is 153 cm³/mol. The summed E-state index contributed by atoms with van der Waals surface area (Å²) in [6.45, 7) is 8.79. The Morgan fingerprint density at radius 3 is 2.62 bits per heavy atom. The molecule has 2 aliphatic rings. The Hall–Kier alpha value is -2.46. The molecule has 4 rings (SSSR count). The van der Waals surface area contributed by atoms with Crippen molar-refractivity contribution in [1.29, 1.82) is 0 Å². The molecule has 3 N–H and O–H groups in total. The first-order chi connectivity index (χ1) is 18.4. The summed E-state index contributed by atoms with van der Waals surface area (Å²) in [4.78, 5) is 26.0. The van der Waals surface area contributed by atoms with E-state index in [0.29, 0.717) is 5.02 Å². The largest absolute Gasteiger partial charge is 0.353 e. The molecular formula is C29H39ClN4O4S. The number of benzene rings is 2. The van der Waals surface area contributed by atoms with Gasteiger partial charge in [0.25, 0.3) is 0 Å². The van der Waals surface area contributed by atoms with Crippen LogP contribution in [0.2, 0.25) is 5.02 Å². The Morgan fingerprint density at radius 1 is 1.15 bits per heavy atom. The van der Waals surface area contributed by atoms with E-state index >= 15 is 0 Å². The number of nitrogens with one attached hydrogen (secondary N) is 3. The molecule has 0 aromatic heterocycles. The Bertz CT molecular complexity index is 1290. The van der Waals surface area contributed by atoms with Crippen LogP contribution in [0.4, 0.5) is 0 Å². The van der Waals surface area contributed by atoms with Crippen LogP contribution in [0.15, 0.2) is 47.4 Å². The van der Waals surface area contributed by atoms with Crippen LogP contribution in [0.5, 0.6) is 0 Å². The van der Waals surface area contributed by atoms with Crippen molar-refractivity contribution in [2.75, 3.05) is 26.2 Å². The maximum absolute atomic E-state index is 13.3. The summed E-state index contributed by atoms with van der Waals surface area (Å²) >= 11 is 5.92. The number of sulfonamides is 1. The molecule has 2 aromatic carbocycles. The molecule has 8 nitrogen and oxygen atoms in total. The summed E-state index contributed by atoms with van der Waals surface area (Å²) in [7, 11) is -3.98. The van der Waals surface area contributed by atoms with Gasteiger partial charge in [0.05, 0.1) is 17.4 Å². The first-order valence-corrected chi connectivity index (χ1v) is 15.4. The van der Waals surface area contributed by atoms with Gasteiger partial charge in [0.15, 0.2) is 0 Å². The second-order valence-corrected chi connectivity index (χ2v) is 13.9. The highest BCUT2D eigenvalue weighted by Gasteiger charge is 2.40. The van der Waals surface area contributed by atoms with E-state index in [9.17, 15) is 18.0 Å². The zero-order valence-electron chi connectivity index (χ0n) is 22.9. The fraction of sp³-hybridized carbons (Fsp3) is 0.517. The SMILES string of the molecule is CC(C)(C)CNCCc1ccc2c(c1)CCC[C@H]2NC(=O)CC1C(=O)NCCN1S(=O)(=O)c1ccc(Cl)cc1. The van der Waals surface area contributed by atoms with E-state index in [1.807, 2.05) is 0 Å². The molecule has 0 saturated carbocycles. The average Bonchev–Trinajstić information content (AvgIpc) is 2.87. The van der Waals surface area contributed by atoms with Gasteiger partial charge in [-0.2, -0.15) is 4.31 Å². The molecule has 1 heterocycles. The second kappa shape index (κ2) is 12.4. The Balaban J connectivity index is 1.41. The monoisotopic (exact) mass is 574 g/mol. The molecule has 39 heavy (non-hydrogen) atoms. The molecule has 2 atom stereocenters. The normalized spacial score (nSPS) is 20.3. The van der Waals surface area contributed by atoms with E-state index in [4.69, 9.17) is 11.6 Å². The Labute approximate surface area is 236 Å². The van der Waals surface area contributed by atoms with Crippen molar-refractivity contribution in [3.8, 4) is 0 Å². The maximum Gasteiger partial charge on any atom is 0.243 e. The summed E-state index contributed by atoms with van der Waals surface area (Å²) in [5.41, 5.74) is 3.85. The van der Waals surface area contributed by atoms with Gasteiger partial charge in [-0.1, -0.05) is 50.6 Å². The molecule has 2 aromatic rings. The second-order valence-electron chi connectivity index (χ2n) is 11.6. The van der Waals surface area contributed by atoms with Crippen molar-refractivity contribution in [3.63, 3.8) is 0 Å². The van der Waals surface area contributed by atoms with Crippen LogP contribution in [-0.4, -0.2) is 56.8 Å². The zero-order valence-corrected chi connectivity index (χ0v) is 24.5. The minimum Gasteiger partial charge on any atom is -0.353 e. The Morgan fingerprint density at radius 2 is 1.90 bits per heavy atom. The van der Waals surface area contributed by atoms with Gasteiger partial charge in [0, 0.05) is 24.7 Å². The lowest BCUT2D eigenvalue weighted by Gasteiger charge is -2.34. The van der Waals surface area contributed by atoms with Crippen LogP contribution in [0.3, 0.4) is 0 Å². The van der Waals surface area contributed by atoms with E-state index in [0.717, 1.165) is 48.6 Å². The molecule has 1 fully saturated rings. The number of amides is 2. The van der Waals surface area contributed by atoms with Crippen LogP contribution >= 0.6 is 11.6 Å². The molecule has 2 amide bonds. The van der Waals surface area contributed by atoms with E-state index in [-0.39, 0.29) is 41.8 Å². The lowest BCUT2D eigenvalue weighted by Crippen LogP contribution is -2.58. The number of halogens is 1. The molecular weight excluding hydrogens is 536 g/mol. The quantitative estimate of drug-likeness (QED) is 0.397. The molecule has 0 bridgehead atoms. The van der Waals surface area contributed by atoms with Gasteiger partial charge in [-0.15, -0.1) is 0 Å². The molecule has 1 aliphatic carbocycles. The molecule has 0 radical (unpaired) electrons. The Kier molecular flexibility index (Phi) is 9.37. The average molecular weight is 575 g/mol. The number of carbonyl (C=O) groups is 2.